The summed E-state index contributed by atoms with van der Waals surface area (Å²) in [6.07, 6.45) is 0. The second-order valence-electron chi connectivity index (χ2n) is 4.98. The molecule has 0 saturated carbocycles. The number of hydrogen-bond donors (Lipinski definition) is 1. The van der Waals surface area contributed by atoms with Crippen LogP contribution in [0.25, 0.3) is 9.88 Å². The molecule has 0 aliphatic carbocycles. The first-order chi connectivity index (χ1) is 11.5. The molecule has 3 rings (SSSR count). The maximum atomic E-state index is 12.5. The third kappa shape index (κ3) is 3.51. The van der Waals surface area contributed by atoms with Crippen LogP contribution in [0.15, 0.2) is 46.7 Å². The Hall–Kier alpha value is -1.74. The van der Waals surface area contributed by atoms with Crippen LogP contribution in [0.4, 0.5) is 0 Å². The Balaban J connectivity index is 1.80. The number of para-hydroxylation sites is 1. The van der Waals surface area contributed by atoms with Crippen molar-refractivity contribution in [2.75, 3.05) is 7.11 Å². The smallest absolute Gasteiger partial charge is 0.244 e. The topological polar surface area (TPSA) is 68.3 Å². The summed E-state index contributed by atoms with van der Waals surface area (Å²) in [5.41, 5.74) is 0.839. The van der Waals surface area contributed by atoms with E-state index in [4.69, 9.17) is 4.74 Å². The number of methoxy groups -OCH3 is 1. The van der Waals surface area contributed by atoms with Crippen molar-refractivity contribution in [3.05, 3.63) is 52.3 Å². The largest absolute Gasteiger partial charge is 0.495 e. The monoisotopic (exact) mass is 380 g/mol. The molecule has 2 aromatic heterocycles. The minimum Gasteiger partial charge on any atom is -0.495 e. The Bertz CT molecular complexity index is 931. The number of nitrogens with zero attached hydrogens (tertiary/aromatic N) is 1. The molecule has 2 heterocycles. The number of sulfonamides is 1. The van der Waals surface area contributed by atoms with Crippen LogP contribution in [0.3, 0.4) is 0 Å². The lowest BCUT2D eigenvalue weighted by Crippen LogP contribution is -2.23. The lowest BCUT2D eigenvalue weighted by atomic mass is 10.3. The van der Waals surface area contributed by atoms with Crippen LogP contribution >= 0.6 is 22.7 Å². The van der Waals surface area contributed by atoms with Crippen molar-refractivity contribution in [1.82, 2.24) is 9.71 Å². The van der Waals surface area contributed by atoms with Gasteiger partial charge in [-0.25, -0.2) is 18.1 Å². The number of aromatic nitrogens is 1. The maximum absolute atomic E-state index is 12.5. The van der Waals surface area contributed by atoms with E-state index in [2.05, 4.69) is 9.71 Å². The number of nitrogens with one attached hydrogen (secondary N) is 1. The predicted octanol–water partition coefficient (Wildman–Crippen LogP) is 3.67. The van der Waals surface area contributed by atoms with Crippen LogP contribution in [0.2, 0.25) is 0 Å². The molecule has 0 saturated heterocycles. The first-order valence-electron chi connectivity index (χ1n) is 7.14. The molecule has 0 fully saturated rings. The molecule has 0 radical (unpaired) electrons. The molecule has 126 valence electrons. The average Bonchev–Trinajstić information content (AvgIpc) is 3.22. The van der Waals surface area contributed by atoms with E-state index in [9.17, 15) is 8.42 Å². The van der Waals surface area contributed by atoms with Gasteiger partial charge in [-0.1, -0.05) is 18.2 Å². The normalized spacial score (nSPS) is 11.6. The SMILES string of the molecule is COc1ccccc1S(=O)(=O)NCc1sc(-c2cccs2)nc1C. The van der Waals surface area contributed by atoms with E-state index in [0.717, 1.165) is 20.5 Å². The maximum Gasteiger partial charge on any atom is 0.244 e. The van der Waals surface area contributed by atoms with Gasteiger partial charge < -0.3 is 4.74 Å². The standard InChI is InChI=1S/C16H16N2O3S3/c1-11-14(23-16(18-11)13-7-5-9-22-13)10-17-24(19,20)15-8-4-3-6-12(15)21-2/h3-9,17H,10H2,1-2H3. The second kappa shape index (κ2) is 7.02. The fraction of sp³-hybridized carbons (Fsp3) is 0.188. The fourth-order valence-electron chi connectivity index (χ4n) is 2.18. The van der Waals surface area contributed by atoms with E-state index in [1.807, 2.05) is 24.4 Å². The number of ether oxygens (including phenoxy) is 1. The van der Waals surface area contributed by atoms with Gasteiger partial charge in [0.1, 0.15) is 15.7 Å². The first-order valence-corrected chi connectivity index (χ1v) is 10.3. The molecule has 24 heavy (non-hydrogen) atoms. The lowest BCUT2D eigenvalue weighted by Gasteiger charge is -2.09. The molecule has 0 aliphatic rings. The molecule has 0 aliphatic heterocycles. The Morgan fingerprint density at radius 1 is 1.21 bits per heavy atom. The molecule has 3 aromatic rings. The van der Waals surface area contributed by atoms with Crippen molar-refractivity contribution in [1.29, 1.82) is 0 Å². The Kier molecular flexibility index (Phi) is 5.00. The molecule has 0 amide bonds. The van der Waals surface area contributed by atoms with E-state index in [-0.39, 0.29) is 11.4 Å². The van der Waals surface area contributed by atoms with E-state index in [0.29, 0.717) is 5.75 Å². The van der Waals surface area contributed by atoms with Gasteiger partial charge in [0.25, 0.3) is 0 Å². The summed E-state index contributed by atoms with van der Waals surface area (Å²) in [5.74, 6) is 0.324. The summed E-state index contributed by atoms with van der Waals surface area (Å²) in [7, 11) is -2.20. The summed E-state index contributed by atoms with van der Waals surface area (Å²) < 4.78 is 32.8. The summed E-state index contributed by atoms with van der Waals surface area (Å²) in [4.78, 5) is 6.65. The van der Waals surface area contributed by atoms with Crippen molar-refractivity contribution < 1.29 is 13.2 Å². The van der Waals surface area contributed by atoms with Crippen molar-refractivity contribution in [2.24, 2.45) is 0 Å². The highest BCUT2D eigenvalue weighted by Crippen LogP contribution is 2.31. The fourth-order valence-corrected chi connectivity index (χ4v) is 5.23. The van der Waals surface area contributed by atoms with Crippen LogP contribution in [-0.2, 0) is 16.6 Å². The highest BCUT2D eigenvalue weighted by molar-refractivity contribution is 7.89. The van der Waals surface area contributed by atoms with E-state index in [1.165, 1.54) is 24.5 Å². The summed E-state index contributed by atoms with van der Waals surface area (Å²) >= 11 is 3.12. The lowest BCUT2D eigenvalue weighted by molar-refractivity contribution is 0.402. The molecule has 1 aromatic carbocycles. The van der Waals surface area contributed by atoms with E-state index >= 15 is 0 Å². The van der Waals surface area contributed by atoms with Crippen molar-refractivity contribution in [3.63, 3.8) is 0 Å². The second-order valence-corrected chi connectivity index (χ2v) is 8.75. The number of hydrogen-bond acceptors (Lipinski definition) is 6. The highest BCUT2D eigenvalue weighted by Gasteiger charge is 2.20. The number of aryl methyl sites for hydroxylation is 1. The van der Waals surface area contributed by atoms with E-state index < -0.39 is 10.0 Å². The van der Waals surface area contributed by atoms with Crippen molar-refractivity contribution >= 4 is 32.7 Å². The number of benzene rings is 1. The molecular weight excluding hydrogens is 364 g/mol. The van der Waals surface area contributed by atoms with E-state index in [1.54, 1.807) is 29.5 Å². The van der Waals surface area contributed by atoms with Gasteiger partial charge in [0.15, 0.2) is 0 Å². The number of thiazole rings is 1. The van der Waals surface area contributed by atoms with Crippen LogP contribution in [0.1, 0.15) is 10.6 Å². The zero-order valence-corrected chi connectivity index (χ0v) is 15.6. The Morgan fingerprint density at radius 2 is 2.00 bits per heavy atom. The molecule has 8 heteroatoms. The average molecular weight is 381 g/mol. The zero-order valence-electron chi connectivity index (χ0n) is 13.1. The third-order valence-electron chi connectivity index (χ3n) is 3.41. The van der Waals surface area contributed by atoms with Gasteiger partial charge in [-0.3, -0.25) is 0 Å². The zero-order chi connectivity index (χ0) is 17.2. The minimum atomic E-state index is -3.66. The quantitative estimate of drug-likeness (QED) is 0.708. The van der Waals surface area contributed by atoms with Crippen LogP contribution < -0.4 is 9.46 Å². The van der Waals surface area contributed by atoms with Gasteiger partial charge in [0, 0.05) is 11.4 Å². The molecule has 0 spiro atoms. The third-order valence-corrected chi connectivity index (χ3v) is 7.04. The number of rotatable bonds is 6. The Labute approximate surface area is 149 Å². The summed E-state index contributed by atoms with van der Waals surface area (Å²) in [6.45, 7) is 2.09. The molecule has 0 unspecified atom stereocenters. The Morgan fingerprint density at radius 3 is 2.71 bits per heavy atom. The van der Waals surface area contributed by atoms with Gasteiger partial charge in [-0.05, 0) is 30.5 Å². The van der Waals surface area contributed by atoms with Gasteiger partial charge in [-0.15, -0.1) is 22.7 Å². The van der Waals surface area contributed by atoms with Gasteiger partial charge in [-0.2, -0.15) is 0 Å². The minimum absolute atomic E-state index is 0.133. The summed E-state index contributed by atoms with van der Waals surface area (Å²) in [5, 5.41) is 2.91. The van der Waals surface area contributed by atoms with Gasteiger partial charge in [0.2, 0.25) is 10.0 Å². The molecule has 5 nitrogen and oxygen atoms in total. The van der Waals surface area contributed by atoms with Crippen molar-refractivity contribution in [2.45, 2.75) is 18.4 Å². The van der Waals surface area contributed by atoms with Crippen molar-refractivity contribution in [3.8, 4) is 15.6 Å². The van der Waals surface area contributed by atoms with Crippen LogP contribution in [0.5, 0.6) is 5.75 Å². The van der Waals surface area contributed by atoms with Gasteiger partial charge in [0.05, 0.1) is 17.7 Å². The highest BCUT2D eigenvalue weighted by atomic mass is 32.2. The molecule has 0 atom stereocenters. The van der Waals surface area contributed by atoms with Gasteiger partial charge >= 0.3 is 0 Å². The number of thiophene rings is 1. The molecular formula is C16H16N2O3S3. The first kappa shape index (κ1) is 17.1. The predicted molar refractivity (Wildman–Crippen MR) is 97.2 cm³/mol. The molecule has 1 N–H and O–H groups in total. The van der Waals surface area contributed by atoms with Crippen LogP contribution in [-0.4, -0.2) is 20.5 Å². The molecule has 0 bridgehead atoms. The summed E-state index contributed by atoms with van der Waals surface area (Å²) in [6, 6.07) is 10.5. The van der Waals surface area contributed by atoms with Crippen LogP contribution in [0, 0.1) is 6.92 Å².